The van der Waals surface area contributed by atoms with Crippen LogP contribution in [0.3, 0.4) is 0 Å². The first-order chi connectivity index (χ1) is 7.86. The van der Waals surface area contributed by atoms with Crippen molar-refractivity contribution in [2.45, 2.75) is 25.3 Å². The second-order valence-electron chi connectivity index (χ2n) is 4.06. The summed E-state index contributed by atoms with van der Waals surface area (Å²) in [5.74, 6) is 0.275. The summed E-state index contributed by atoms with van der Waals surface area (Å²) >= 11 is 0. The Bertz CT molecular complexity index is 315. The van der Waals surface area contributed by atoms with E-state index in [-0.39, 0.29) is 12.4 Å². The van der Waals surface area contributed by atoms with E-state index >= 15 is 0 Å². The van der Waals surface area contributed by atoms with Crippen LogP contribution in [0.5, 0.6) is 0 Å². The molecule has 1 saturated heterocycles. The molecular formula is C12H17NO3. The van der Waals surface area contributed by atoms with Crippen LogP contribution in [0.1, 0.15) is 29.8 Å². The minimum atomic E-state index is -0.0965. The van der Waals surface area contributed by atoms with Crippen LogP contribution in [0.25, 0.3) is 0 Å². The van der Waals surface area contributed by atoms with Crippen molar-refractivity contribution in [3.8, 4) is 0 Å². The zero-order valence-electron chi connectivity index (χ0n) is 9.28. The van der Waals surface area contributed by atoms with Crippen molar-refractivity contribution in [1.82, 2.24) is 5.32 Å². The molecule has 0 bridgehead atoms. The Morgan fingerprint density at radius 3 is 3.19 bits per heavy atom. The van der Waals surface area contributed by atoms with E-state index < -0.39 is 0 Å². The molecular weight excluding hydrogens is 206 g/mol. The topological polar surface area (TPSA) is 51.5 Å². The van der Waals surface area contributed by atoms with Crippen LogP contribution < -0.4 is 5.32 Å². The van der Waals surface area contributed by atoms with Gasteiger partial charge in [0, 0.05) is 6.04 Å². The lowest BCUT2D eigenvalue weighted by Crippen LogP contribution is -2.38. The van der Waals surface area contributed by atoms with Crippen molar-refractivity contribution in [2.75, 3.05) is 19.8 Å². The Morgan fingerprint density at radius 2 is 2.50 bits per heavy atom. The minimum Gasteiger partial charge on any atom is -0.461 e. The van der Waals surface area contributed by atoms with E-state index in [2.05, 4.69) is 5.32 Å². The summed E-state index contributed by atoms with van der Waals surface area (Å²) in [5, 5.41) is 3.37. The molecule has 0 spiro atoms. The molecule has 0 radical (unpaired) electrons. The van der Waals surface area contributed by atoms with Crippen LogP contribution in [-0.2, 0) is 4.74 Å². The third-order valence-electron chi connectivity index (χ3n) is 2.76. The van der Waals surface area contributed by atoms with E-state index in [0.29, 0.717) is 18.4 Å². The Balaban J connectivity index is 1.66. The van der Waals surface area contributed by atoms with Gasteiger partial charge in [-0.15, -0.1) is 0 Å². The summed E-state index contributed by atoms with van der Waals surface area (Å²) in [6.45, 7) is 1.76. The molecule has 4 heteroatoms. The SMILES string of the molecule is O=C(COCC1CCCCN1)c1ccco1. The van der Waals surface area contributed by atoms with Crippen LogP contribution >= 0.6 is 0 Å². The van der Waals surface area contributed by atoms with Gasteiger partial charge in [-0.2, -0.15) is 0 Å². The maximum atomic E-state index is 11.5. The fourth-order valence-electron chi connectivity index (χ4n) is 1.87. The van der Waals surface area contributed by atoms with E-state index in [0.717, 1.165) is 13.0 Å². The standard InChI is InChI=1S/C12H17NO3/c14-11(12-5-3-7-16-12)9-15-8-10-4-1-2-6-13-10/h3,5,7,10,13H,1-2,4,6,8-9H2. The van der Waals surface area contributed by atoms with Gasteiger partial charge in [-0.25, -0.2) is 0 Å². The monoisotopic (exact) mass is 223 g/mol. The molecule has 1 fully saturated rings. The lowest BCUT2D eigenvalue weighted by atomic mass is 10.1. The van der Waals surface area contributed by atoms with Crippen LogP contribution in [0.4, 0.5) is 0 Å². The van der Waals surface area contributed by atoms with Crippen LogP contribution in [0, 0.1) is 0 Å². The van der Waals surface area contributed by atoms with Gasteiger partial charge < -0.3 is 14.5 Å². The molecule has 1 aromatic rings. The average molecular weight is 223 g/mol. The molecule has 88 valence electrons. The van der Waals surface area contributed by atoms with E-state index in [4.69, 9.17) is 9.15 Å². The first-order valence-corrected chi connectivity index (χ1v) is 5.74. The second kappa shape index (κ2) is 5.82. The van der Waals surface area contributed by atoms with Gasteiger partial charge >= 0.3 is 0 Å². The van der Waals surface area contributed by atoms with E-state index in [1.54, 1.807) is 12.1 Å². The largest absolute Gasteiger partial charge is 0.461 e. The third-order valence-corrected chi connectivity index (χ3v) is 2.76. The molecule has 0 amide bonds. The number of ether oxygens (including phenoxy) is 1. The quantitative estimate of drug-likeness (QED) is 0.771. The number of hydrogen-bond donors (Lipinski definition) is 1. The molecule has 0 saturated carbocycles. The normalized spacial score (nSPS) is 20.9. The number of furan rings is 1. The Labute approximate surface area is 95.0 Å². The smallest absolute Gasteiger partial charge is 0.223 e. The van der Waals surface area contributed by atoms with Crippen LogP contribution in [0.2, 0.25) is 0 Å². The first kappa shape index (κ1) is 11.4. The fraction of sp³-hybridized carbons (Fsp3) is 0.583. The van der Waals surface area contributed by atoms with E-state index in [1.807, 2.05) is 0 Å². The fourth-order valence-corrected chi connectivity index (χ4v) is 1.87. The average Bonchev–Trinajstić information content (AvgIpc) is 2.84. The van der Waals surface area contributed by atoms with Crippen LogP contribution in [0.15, 0.2) is 22.8 Å². The van der Waals surface area contributed by atoms with Crippen molar-refractivity contribution >= 4 is 5.78 Å². The number of Topliss-reactive ketones (excluding diaryl/α,β-unsaturated/α-hetero) is 1. The predicted molar refractivity (Wildman–Crippen MR) is 59.5 cm³/mol. The predicted octanol–water partition coefficient (Wildman–Crippen LogP) is 1.62. The summed E-state index contributed by atoms with van der Waals surface area (Å²) in [7, 11) is 0. The van der Waals surface area contributed by atoms with Gasteiger partial charge in [-0.3, -0.25) is 4.79 Å². The molecule has 2 heterocycles. The highest BCUT2D eigenvalue weighted by Crippen LogP contribution is 2.07. The first-order valence-electron chi connectivity index (χ1n) is 5.74. The number of hydrogen-bond acceptors (Lipinski definition) is 4. The molecule has 1 aliphatic rings. The maximum Gasteiger partial charge on any atom is 0.223 e. The molecule has 1 unspecified atom stereocenters. The zero-order chi connectivity index (χ0) is 11.2. The molecule has 1 aliphatic heterocycles. The van der Waals surface area contributed by atoms with Crippen molar-refractivity contribution in [1.29, 1.82) is 0 Å². The molecule has 0 aliphatic carbocycles. The van der Waals surface area contributed by atoms with Crippen molar-refractivity contribution in [3.63, 3.8) is 0 Å². The van der Waals surface area contributed by atoms with Gasteiger partial charge in [0.05, 0.1) is 12.9 Å². The number of carbonyl (C=O) groups excluding carboxylic acids is 1. The molecule has 0 aromatic carbocycles. The molecule has 16 heavy (non-hydrogen) atoms. The van der Waals surface area contributed by atoms with Gasteiger partial charge in [-0.1, -0.05) is 6.42 Å². The number of piperidine rings is 1. The van der Waals surface area contributed by atoms with Crippen molar-refractivity contribution < 1.29 is 13.9 Å². The molecule has 1 atom stereocenters. The highest BCUT2D eigenvalue weighted by atomic mass is 16.5. The lowest BCUT2D eigenvalue weighted by Gasteiger charge is -2.22. The summed E-state index contributed by atoms with van der Waals surface area (Å²) < 4.78 is 10.4. The van der Waals surface area contributed by atoms with E-state index in [1.165, 1.54) is 19.1 Å². The molecule has 4 nitrogen and oxygen atoms in total. The summed E-state index contributed by atoms with van der Waals surface area (Å²) in [6, 6.07) is 3.76. The van der Waals surface area contributed by atoms with Gasteiger partial charge in [0.15, 0.2) is 5.76 Å². The Morgan fingerprint density at radius 1 is 1.56 bits per heavy atom. The van der Waals surface area contributed by atoms with Gasteiger partial charge in [0.2, 0.25) is 5.78 Å². The third kappa shape index (κ3) is 3.18. The van der Waals surface area contributed by atoms with E-state index in [9.17, 15) is 4.79 Å². The number of nitrogens with one attached hydrogen (secondary N) is 1. The van der Waals surface area contributed by atoms with Gasteiger partial charge in [0.1, 0.15) is 6.61 Å². The van der Waals surface area contributed by atoms with Crippen molar-refractivity contribution in [2.24, 2.45) is 0 Å². The summed E-state index contributed by atoms with van der Waals surface area (Å²) in [4.78, 5) is 11.5. The Kier molecular flexibility index (Phi) is 4.13. The number of rotatable bonds is 5. The molecule has 2 rings (SSSR count). The minimum absolute atomic E-state index is 0.0965. The Hall–Kier alpha value is -1.13. The maximum absolute atomic E-state index is 11.5. The number of carbonyl (C=O) groups is 1. The van der Waals surface area contributed by atoms with Gasteiger partial charge in [-0.05, 0) is 31.5 Å². The van der Waals surface area contributed by atoms with Crippen molar-refractivity contribution in [3.05, 3.63) is 24.2 Å². The summed E-state index contributed by atoms with van der Waals surface area (Å²) in [5.41, 5.74) is 0. The van der Waals surface area contributed by atoms with Gasteiger partial charge in [0.25, 0.3) is 0 Å². The highest BCUT2D eigenvalue weighted by molar-refractivity contribution is 5.94. The lowest BCUT2D eigenvalue weighted by molar-refractivity contribution is 0.0667. The number of ketones is 1. The van der Waals surface area contributed by atoms with Crippen LogP contribution in [-0.4, -0.2) is 31.6 Å². The molecule has 1 N–H and O–H groups in total. The summed E-state index contributed by atoms with van der Waals surface area (Å²) in [6.07, 6.45) is 5.11. The highest BCUT2D eigenvalue weighted by Gasteiger charge is 2.14. The molecule has 1 aromatic heterocycles. The zero-order valence-corrected chi connectivity index (χ0v) is 9.28. The second-order valence-corrected chi connectivity index (χ2v) is 4.06.